The summed E-state index contributed by atoms with van der Waals surface area (Å²) in [7, 11) is 0. The summed E-state index contributed by atoms with van der Waals surface area (Å²) in [6.07, 6.45) is 0. The van der Waals surface area contributed by atoms with Crippen molar-refractivity contribution in [1.29, 1.82) is 0 Å². The lowest BCUT2D eigenvalue weighted by Crippen LogP contribution is -2.28. The molecule has 0 radical (unpaired) electrons. The molecule has 9 aromatic carbocycles. The zero-order valence-electron chi connectivity index (χ0n) is 41.8. The van der Waals surface area contributed by atoms with Crippen LogP contribution in [0, 0.1) is 0 Å². The van der Waals surface area contributed by atoms with Gasteiger partial charge >= 0.3 is 0 Å². The van der Waals surface area contributed by atoms with Crippen molar-refractivity contribution in [2.75, 3.05) is 4.90 Å². The van der Waals surface area contributed by atoms with Crippen LogP contribution in [0.4, 0.5) is 17.1 Å². The molecule has 254 valence electrons. The van der Waals surface area contributed by atoms with E-state index < -0.39 is 88.7 Å². The topological polar surface area (TPSA) is 3.24 Å². The fourth-order valence-electron chi connectivity index (χ4n) is 7.88. The quantitative estimate of drug-likeness (QED) is 0.160. The Balaban J connectivity index is 1.34. The fraction of sp³-hybridized carbons (Fsp3) is 0.0189. The van der Waals surface area contributed by atoms with Crippen LogP contribution >= 0.6 is 0 Å². The standard InChI is InChI=1S/C53H37N/c1-4-16-38(17-5-1)39-30-32-44(33-31-39)54(45-25-14-20-41(36-45)48-28-15-19-40-18-10-11-26-47(40)48)46-34-35-50-49-27-12-13-29-51(49)53(52(50)37-46,42-21-6-2-7-22-42)43-23-8-3-9-24-43/h1-37H/i1D,4D,5D,14D,16D,17D,20D,25D,30D,31D,32D,33D,36D. The van der Waals surface area contributed by atoms with E-state index in [9.17, 15) is 11.0 Å². The van der Waals surface area contributed by atoms with Crippen molar-refractivity contribution in [3.63, 3.8) is 0 Å². The van der Waals surface area contributed by atoms with Crippen molar-refractivity contribution in [3.8, 4) is 33.4 Å². The summed E-state index contributed by atoms with van der Waals surface area (Å²) in [5, 5.41) is 1.48. The SMILES string of the molecule is [2H]c1c([2H])c([2H])c(-c2c([2H])c([2H])c(N(c3ccc4c(c3)C(c3ccccc3)(c3ccccc3)c3ccccc3-4)c3c([2H])c([2H])c([2H])c(-c4cccc5ccccc45)c3[2H])c([2H])c2[2H])c([2H])c1[2H]. The fourth-order valence-corrected chi connectivity index (χ4v) is 7.88. The van der Waals surface area contributed by atoms with E-state index in [-0.39, 0.29) is 29.0 Å². The van der Waals surface area contributed by atoms with Gasteiger partial charge < -0.3 is 4.90 Å². The maximum absolute atomic E-state index is 10.0. The molecule has 0 amide bonds. The molecule has 10 rings (SSSR count). The van der Waals surface area contributed by atoms with Gasteiger partial charge in [0.1, 0.15) is 0 Å². The van der Waals surface area contributed by atoms with Gasteiger partial charge in [0.2, 0.25) is 0 Å². The molecule has 0 aliphatic heterocycles. The predicted molar refractivity (Wildman–Crippen MR) is 227 cm³/mol. The minimum absolute atomic E-state index is 0.0142. The van der Waals surface area contributed by atoms with Crippen molar-refractivity contribution in [2.45, 2.75) is 5.41 Å². The molecule has 0 N–H and O–H groups in total. The number of anilines is 3. The van der Waals surface area contributed by atoms with E-state index in [2.05, 4.69) is 6.07 Å². The van der Waals surface area contributed by atoms with Crippen molar-refractivity contribution in [3.05, 3.63) is 246 Å². The van der Waals surface area contributed by atoms with Gasteiger partial charge in [0.15, 0.2) is 0 Å². The van der Waals surface area contributed by atoms with Gasteiger partial charge in [0.25, 0.3) is 0 Å². The summed E-state index contributed by atoms with van der Waals surface area (Å²) in [5.74, 6) is 0. The zero-order chi connectivity index (χ0) is 47.2. The molecule has 0 fully saturated rings. The molecular formula is C53H37N. The second-order valence-electron chi connectivity index (χ2n) is 13.1. The molecule has 0 bridgehead atoms. The first-order valence-electron chi connectivity index (χ1n) is 24.1. The second kappa shape index (κ2) is 13.2. The smallest absolute Gasteiger partial charge is 0.0714 e. The third-order valence-electron chi connectivity index (χ3n) is 10.2. The maximum atomic E-state index is 10.0. The molecule has 0 heterocycles. The summed E-state index contributed by atoms with van der Waals surface area (Å²) in [4.78, 5) is 1.28. The van der Waals surface area contributed by atoms with Crippen LogP contribution in [-0.4, -0.2) is 0 Å². The van der Waals surface area contributed by atoms with Gasteiger partial charge in [-0.05, 0) is 103 Å². The third kappa shape index (κ3) is 5.17. The van der Waals surface area contributed by atoms with E-state index in [1.54, 1.807) is 18.2 Å². The second-order valence-corrected chi connectivity index (χ2v) is 13.1. The molecule has 0 aromatic heterocycles. The van der Waals surface area contributed by atoms with Crippen LogP contribution in [0.25, 0.3) is 44.2 Å². The van der Waals surface area contributed by atoms with Crippen LogP contribution in [0.5, 0.6) is 0 Å². The molecular weight excluding hydrogens is 651 g/mol. The molecule has 9 aromatic rings. The Hall–Kier alpha value is -6.96. The summed E-state index contributed by atoms with van der Waals surface area (Å²) < 4.78 is 119. The molecule has 0 spiro atoms. The number of hydrogen-bond donors (Lipinski definition) is 0. The highest BCUT2D eigenvalue weighted by molar-refractivity contribution is 5.98. The Morgan fingerprint density at radius 1 is 0.389 bits per heavy atom. The average molecular weight is 701 g/mol. The van der Waals surface area contributed by atoms with Gasteiger partial charge in [-0.25, -0.2) is 0 Å². The highest BCUT2D eigenvalue weighted by Gasteiger charge is 2.46. The molecule has 0 unspecified atom stereocenters. The molecule has 1 aliphatic carbocycles. The zero-order valence-corrected chi connectivity index (χ0v) is 28.8. The van der Waals surface area contributed by atoms with Crippen molar-refractivity contribution in [2.24, 2.45) is 0 Å². The molecule has 1 nitrogen and oxygen atoms in total. The Kier molecular flexibility index (Phi) is 5.12. The average Bonchev–Trinajstić information content (AvgIpc) is 3.65. The number of fused-ring (bicyclic) bond motifs is 4. The normalized spacial score (nSPS) is 16.0. The van der Waals surface area contributed by atoms with Crippen LogP contribution in [0.1, 0.15) is 40.1 Å². The number of rotatable bonds is 7. The van der Waals surface area contributed by atoms with Gasteiger partial charge in [0.05, 0.1) is 23.2 Å². The lowest BCUT2D eigenvalue weighted by atomic mass is 9.67. The number of nitrogens with zero attached hydrogens (tertiary/aromatic N) is 1. The van der Waals surface area contributed by atoms with Gasteiger partial charge in [-0.15, -0.1) is 0 Å². The lowest BCUT2D eigenvalue weighted by Gasteiger charge is -2.35. The first-order valence-corrected chi connectivity index (χ1v) is 17.6. The first-order chi connectivity index (χ1) is 32.2. The van der Waals surface area contributed by atoms with E-state index in [4.69, 9.17) is 6.85 Å². The van der Waals surface area contributed by atoms with E-state index in [0.717, 1.165) is 38.8 Å². The first kappa shape index (κ1) is 20.9. The minimum Gasteiger partial charge on any atom is -0.310 e. The van der Waals surface area contributed by atoms with Crippen molar-refractivity contribution in [1.82, 2.24) is 0 Å². The molecule has 0 saturated heterocycles. The molecule has 0 atom stereocenters. The Labute approximate surface area is 335 Å². The molecule has 1 aliphatic rings. The summed E-state index contributed by atoms with van der Waals surface area (Å²) >= 11 is 0. The van der Waals surface area contributed by atoms with Crippen molar-refractivity contribution < 1.29 is 17.8 Å². The Bertz CT molecular complexity index is 3420. The Morgan fingerprint density at radius 3 is 1.78 bits per heavy atom. The summed E-state index contributed by atoms with van der Waals surface area (Å²) in [6, 6.07) is 37.9. The molecule has 1 heteroatoms. The van der Waals surface area contributed by atoms with Crippen LogP contribution in [0.2, 0.25) is 0 Å². The largest absolute Gasteiger partial charge is 0.310 e. The number of hydrogen-bond acceptors (Lipinski definition) is 1. The van der Waals surface area contributed by atoms with Crippen molar-refractivity contribution >= 4 is 27.8 Å². The van der Waals surface area contributed by atoms with Gasteiger partial charge in [-0.1, -0.05) is 188 Å². The monoisotopic (exact) mass is 700 g/mol. The lowest BCUT2D eigenvalue weighted by molar-refractivity contribution is 0.768. The van der Waals surface area contributed by atoms with Gasteiger partial charge in [-0.2, -0.15) is 0 Å². The van der Waals surface area contributed by atoms with E-state index in [0.29, 0.717) is 10.9 Å². The summed E-state index contributed by atoms with van der Waals surface area (Å²) in [6.45, 7) is 0. The maximum Gasteiger partial charge on any atom is 0.0714 e. The van der Waals surface area contributed by atoms with E-state index >= 15 is 0 Å². The Morgan fingerprint density at radius 2 is 1.00 bits per heavy atom. The van der Waals surface area contributed by atoms with Gasteiger partial charge in [-0.3, -0.25) is 0 Å². The summed E-state index contributed by atoms with van der Waals surface area (Å²) in [5.41, 5.74) is 3.37. The molecule has 0 saturated carbocycles. The predicted octanol–water partition coefficient (Wildman–Crippen LogP) is 14.0. The van der Waals surface area contributed by atoms with Gasteiger partial charge in [0, 0.05) is 17.1 Å². The van der Waals surface area contributed by atoms with Crippen LogP contribution in [0.3, 0.4) is 0 Å². The van der Waals surface area contributed by atoms with Crippen LogP contribution in [0.15, 0.2) is 224 Å². The van der Waals surface area contributed by atoms with Crippen LogP contribution in [-0.2, 0) is 5.41 Å². The van der Waals surface area contributed by atoms with E-state index in [1.807, 2.05) is 121 Å². The van der Waals surface area contributed by atoms with Crippen LogP contribution < -0.4 is 4.90 Å². The van der Waals surface area contributed by atoms with E-state index in [1.165, 1.54) is 4.90 Å². The number of benzene rings is 9. The highest BCUT2D eigenvalue weighted by Crippen LogP contribution is 2.57. The minimum atomic E-state index is -0.955. The molecule has 54 heavy (non-hydrogen) atoms. The highest BCUT2D eigenvalue weighted by atomic mass is 15.1. The third-order valence-corrected chi connectivity index (χ3v) is 10.2.